The fourth-order valence-electron chi connectivity index (χ4n) is 0.564. The van der Waals surface area contributed by atoms with Crippen LogP contribution in [0.15, 0.2) is 30.3 Å². The summed E-state index contributed by atoms with van der Waals surface area (Å²) in [5.41, 5.74) is 1.16. The van der Waals surface area contributed by atoms with Crippen LogP contribution in [-0.4, -0.2) is 0 Å². The molecule has 0 fully saturated rings. The highest BCUT2D eigenvalue weighted by Gasteiger charge is 1.99. The van der Waals surface area contributed by atoms with Gasteiger partial charge in [0, 0.05) is 0 Å². The van der Waals surface area contributed by atoms with E-state index in [0.29, 0.717) is 0 Å². The highest BCUT2D eigenvalue weighted by molar-refractivity contribution is 9.27. The first-order valence-electron chi connectivity index (χ1n) is 2.54. The van der Waals surface area contributed by atoms with Crippen LogP contribution in [0.25, 0.3) is 0 Å². The topological polar surface area (TPSA) is 0 Å². The van der Waals surface area contributed by atoms with Crippen molar-refractivity contribution in [1.82, 2.24) is 0 Å². The molecule has 0 atom stereocenters. The van der Waals surface area contributed by atoms with Crippen molar-refractivity contribution in [3.05, 3.63) is 39.6 Å². The van der Waals surface area contributed by atoms with Crippen molar-refractivity contribution in [2.75, 3.05) is 0 Å². The molecule has 0 N–H and O–H groups in total. The normalized spacial score (nSPS) is 10.1. The number of benzene rings is 1. The predicted molar refractivity (Wildman–Crippen MR) is 46.6 cm³/mol. The lowest BCUT2D eigenvalue weighted by molar-refractivity contribution is 1.58. The second-order valence-electron chi connectivity index (χ2n) is 1.63. The quantitative estimate of drug-likeness (QED) is 0.716. The molecule has 0 amide bonds. The Morgan fingerprint density at radius 3 is 1.89 bits per heavy atom. The molecule has 1 aromatic carbocycles. The Morgan fingerprint density at radius 2 is 1.56 bits per heavy atom. The molecule has 9 heavy (non-hydrogen) atoms. The molecule has 0 aliphatic carbocycles. The van der Waals surface area contributed by atoms with Crippen LogP contribution >= 0.6 is 31.9 Å². The zero-order valence-electron chi connectivity index (χ0n) is 4.64. The second kappa shape index (κ2) is 3.37. The van der Waals surface area contributed by atoms with Crippen molar-refractivity contribution < 1.29 is 0 Å². The van der Waals surface area contributed by atoms with Crippen LogP contribution < -0.4 is 0 Å². The van der Waals surface area contributed by atoms with E-state index in [4.69, 9.17) is 0 Å². The lowest BCUT2D eigenvalue weighted by atomic mass is 10.2. The van der Waals surface area contributed by atoms with E-state index in [1.54, 1.807) is 0 Å². The third-order valence-electron chi connectivity index (χ3n) is 0.992. The Kier molecular flexibility index (Phi) is 2.73. The molecule has 1 aromatic rings. The lowest BCUT2D eigenvalue weighted by Crippen LogP contribution is -1.76. The van der Waals surface area contributed by atoms with E-state index in [0.717, 1.165) is 9.30 Å². The van der Waals surface area contributed by atoms with Gasteiger partial charge in [0.25, 0.3) is 0 Å². The summed E-state index contributed by atoms with van der Waals surface area (Å²) < 4.78 is 0.996. The highest BCUT2D eigenvalue weighted by Crippen LogP contribution is 2.26. The molecule has 1 rings (SSSR count). The largest absolute Gasteiger partial charge is 0.134 e. The van der Waals surface area contributed by atoms with Gasteiger partial charge >= 0.3 is 0 Å². The van der Waals surface area contributed by atoms with Crippen molar-refractivity contribution in [2.24, 2.45) is 0 Å². The Hall–Kier alpha value is 0.180. The molecule has 2 heteroatoms. The number of rotatable bonds is 1. The van der Waals surface area contributed by atoms with Gasteiger partial charge in [-0.05, 0) is 5.56 Å². The highest BCUT2D eigenvalue weighted by atomic mass is 79.9. The Balaban J connectivity index is 2.85. The molecule has 0 aliphatic heterocycles. The summed E-state index contributed by atoms with van der Waals surface area (Å²) in [4.78, 5) is 0. The number of halogens is 2. The SMILES string of the molecule is Br[C](Br)c1ccccc1. The Morgan fingerprint density at radius 1 is 1.00 bits per heavy atom. The molecule has 0 aromatic heterocycles. The first-order valence-corrected chi connectivity index (χ1v) is 4.12. The van der Waals surface area contributed by atoms with Gasteiger partial charge in [0.1, 0.15) is 3.74 Å². The molecule has 0 unspecified atom stereocenters. The maximum atomic E-state index is 3.32. The fraction of sp³-hybridized carbons (Fsp3) is 0. The minimum Gasteiger partial charge on any atom is -0.0645 e. The molecule has 0 saturated carbocycles. The van der Waals surface area contributed by atoms with Crippen molar-refractivity contribution in [1.29, 1.82) is 0 Å². The smallest absolute Gasteiger partial charge is 0.0645 e. The molecule has 47 valence electrons. The van der Waals surface area contributed by atoms with E-state index >= 15 is 0 Å². The zero-order valence-corrected chi connectivity index (χ0v) is 7.81. The van der Waals surface area contributed by atoms with Crippen molar-refractivity contribution in [3.63, 3.8) is 0 Å². The average Bonchev–Trinajstić information content (AvgIpc) is 1.90. The summed E-state index contributed by atoms with van der Waals surface area (Å²) in [5, 5.41) is 0. The van der Waals surface area contributed by atoms with Gasteiger partial charge in [-0.1, -0.05) is 62.2 Å². The summed E-state index contributed by atoms with van der Waals surface area (Å²) in [5.74, 6) is 0. The minimum atomic E-state index is 0.996. The van der Waals surface area contributed by atoms with E-state index in [-0.39, 0.29) is 0 Å². The molecule has 1 radical (unpaired) electrons. The van der Waals surface area contributed by atoms with E-state index in [1.807, 2.05) is 30.3 Å². The minimum absolute atomic E-state index is 0.996. The Labute approximate surface area is 71.5 Å². The van der Waals surface area contributed by atoms with Crippen LogP contribution in [0.2, 0.25) is 0 Å². The molecular formula is C7H5Br2. The third kappa shape index (κ3) is 2.11. The van der Waals surface area contributed by atoms with Crippen molar-refractivity contribution in [3.8, 4) is 0 Å². The van der Waals surface area contributed by atoms with Crippen LogP contribution in [0.4, 0.5) is 0 Å². The molecule has 0 spiro atoms. The van der Waals surface area contributed by atoms with Crippen LogP contribution in [0.3, 0.4) is 0 Å². The van der Waals surface area contributed by atoms with Crippen LogP contribution in [0, 0.1) is 3.74 Å². The van der Waals surface area contributed by atoms with E-state index in [9.17, 15) is 0 Å². The maximum absolute atomic E-state index is 3.32. The van der Waals surface area contributed by atoms with Crippen molar-refractivity contribution in [2.45, 2.75) is 0 Å². The molecule has 0 bridgehead atoms. The predicted octanol–water partition coefficient (Wildman–Crippen LogP) is 3.31. The Bertz CT molecular complexity index is 170. The van der Waals surface area contributed by atoms with Gasteiger partial charge in [-0.15, -0.1) is 0 Å². The molecule has 0 saturated heterocycles. The monoisotopic (exact) mass is 247 g/mol. The maximum Gasteiger partial charge on any atom is 0.134 e. The third-order valence-corrected chi connectivity index (χ3v) is 1.91. The summed E-state index contributed by atoms with van der Waals surface area (Å²) >= 11 is 6.63. The van der Waals surface area contributed by atoms with Gasteiger partial charge in [-0.2, -0.15) is 0 Å². The number of hydrogen-bond acceptors (Lipinski definition) is 0. The molecule has 0 heterocycles. The van der Waals surface area contributed by atoms with E-state index < -0.39 is 0 Å². The summed E-state index contributed by atoms with van der Waals surface area (Å²) in [6.45, 7) is 0. The summed E-state index contributed by atoms with van der Waals surface area (Å²) in [6, 6.07) is 10.0. The molecular weight excluding hydrogens is 244 g/mol. The summed E-state index contributed by atoms with van der Waals surface area (Å²) in [7, 11) is 0. The van der Waals surface area contributed by atoms with Crippen LogP contribution in [0.1, 0.15) is 5.56 Å². The zero-order chi connectivity index (χ0) is 6.69. The van der Waals surface area contributed by atoms with Gasteiger partial charge in [-0.3, -0.25) is 0 Å². The van der Waals surface area contributed by atoms with E-state index in [1.165, 1.54) is 0 Å². The second-order valence-corrected chi connectivity index (χ2v) is 4.28. The summed E-state index contributed by atoms with van der Waals surface area (Å²) in [6.07, 6.45) is 0. The first kappa shape index (κ1) is 7.29. The van der Waals surface area contributed by atoms with Crippen molar-refractivity contribution >= 4 is 31.9 Å². The standard InChI is InChI=1S/C7H5Br2/c8-7(9)6-4-2-1-3-5-6/h1-5H. The molecule has 0 aliphatic rings. The van der Waals surface area contributed by atoms with Gasteiger partial charge in [-0.25, -0.2) is 0 Å². The first-order chi connectivity index (χ1) is 4.30. The fourth-order valence-corrected chi connectivity index (χ4v) is 1.09. The van der Waals surface area contributed by atoms with Crippen LogP contribution in [-0.2, 0) is 0 Å². The van der Waals surface area contributed by atoms with Gasteiger partial charge < -0.3 is 0 Å². The average molecular weight is 249 g/mol. The van der Waals surface area contributed by atoms with Gasteiger partial charge in [0.05, 0.1) is 0 Å². The van der Waals surface area contributed by atoms with Gasteiger partial charge in [0.2, 0.25) is 0 Å². The van der Waals surface area contributed by atoms with E-state index in [2.05, 4.69) is 31.9 Å². The molecule has 0 nitrogen and oxygen atoms in total. The number of hydrogen-bond donors (Lipinski definition) is 0. The van der Waals surface area contributed by atoms with Gasteiger partial charge in [0.15, 0.2) is 0 Å². The van der Waals surface area contributed by atoms with Crippen LogP contribution in [0.5, 0.6) is 0 Å². The lowest BCUT2D eigenvalue weighted by Gasteiger charge is -1.96.